The molecule has 3 aromatic rings. The van der Waals surface area contributed by atoms with Gasteiger partial charge in [0.25, 0.3) is 0 Å². The van der Waals surface area contributed by atoms with Crippen LogP contribution < -0.4 is 14.2 Å². The number of hydrogen-bond donors (Lipinski definition) is 1. The molecule has 0 atom stereocenters. The van der Waals surface area contributed by atoms with Crippen molar-refractivity contribution in [3.63, 3.8) is 0 Å². The monoisotopic (exact) mass is 339 g/mol. The molecule has 1 N–H and O–H groups in total. The molecule has 3 rings (SSSR count). The Morgan fingerprint density at radius 1 is 0.960 bits per heavy atom. The van der Waals surface area contributed by atoms with Crippen molar-refractivity contribution in [2.45, 2.75) is 0 Å². The van der Waals surface area contributed by atoms with Gasteiger partial charge in [-0.1, -0.05) is 24.3 Å². The first-order chi connectivity index (χ1) is 12.1. The fourth-order valence-electron chi connectivity index (χ4n) is 2.75. The highest BCUT2D eigenvalue weighted by Crippen LogP contribution is 2.42. The summed E-state index contributed by atoms with van der Waals surface area (Å²) in [4.78, 5) is 15.8. The van der Waals surface area contributed by atoms with Crippen LogP contribution in [0.5, 0.6) is 17.2 Å². The van der Waals surface area contributed by atoms with Crippen molar-refractivity contribution in [1.82, 2.24) is 4.98 Å². The Kier molecular flexibility index (Phi) is 4.43. The quantitative estimate of drug-likeness (QED) is 0.765. The van der Waals surface area contributed by atoms with E-state index in [1.165, 1.54) is 21.3 Å². The highest BCUT2D eigenvalue weighted by molar-refractivity contribution is 5.99. The lowest BCUT2D eigenvalue weighted by Gasteiger charge is -2.15. The Balaban J connectivity index is 2.34. The minimum atomic E-state index is -1.08. The standard InChI is InChI=1S/C19H17NO5/c1-23-15-9-12(10-16(24-2)18(15)25-3)17-13-7-5-4-6-11(13)8-14(20-17)19(21)22/h4-10H,1-3H3,(H,21,22). The van der Waals surface area contributed by atoms with Crippen LogP contribution in [0.2, 0.25) is 0 Å². The molecule has 0 amide bonds. The highest BCUT2D eigenvalue weighted by Gasteiger charge is 2.18. The van der Waals surface area contributed by atoms with Crippen molar-refractivity contribution in [2.75, 3.05) is 21.3 Å². The van der Waals surface area contributed by atoms with Gasteiger partial charge in [-0.2, -0.15) is 0 Å². The zero-order valence-corrected chi connectivity index (χ0v) is 14.1. The number of rotatable bonds is 5. The summed E-state index contributed by atoms with van der Waals surface area (Å²) in [5.74, 6) is 0.332. The molecular formula is C19H17NO5. The van der Waals surface area contributed by atoms with Crippen LogP contribution in [0.1, 0.15) is 10.5 Å². The minimum absolute atomic E-state index is 0.0255. The first kappa shape index (κ1) is 16.6. The van der Waals surface area contributed by atoms with E-state index in [1.807, 2.05) is 24.3 Å². The first-order valence-corrected chi connectivity index (χ1v) is 7.52. The average Bonchev–Trinajstić information content (AvgIpc) is 2.65. The van der Waals surface area contributed by atoms with E-state index in [4.69, 9.17) is 14.2 Å². The van der Waals surface area contributed by atoms with Crippen LogP contribution in [0.15, 0.2) is 42.5 Å². The number of carbonyl (C=O) groups is 1. The summed E-state index contributed by atoms with van der Waals surface area (Å²) in [6.07, 6.45) is 0. The van der Waals surface area contributed by atoms with E-state index < -0.39 is 5.97 Å². The Morgan fingerprint density at radius 2 is 1.60 bits per heavy atom. The molecule has 0 fully saturated rings. The van der Waals surface area contributed by atoms with Crippen molar-refractivity contribution in [2.24, 2.45) is 0 Å². The van der Waals surface area contributed by atoms with Crippen LogP contribution >= 0.6 is 0 Å². The number of fused-ring (bicyclic) bond motifs is 1. The molecule has 0 radical (unpaired) electrons. The average molecular weight is 339 g/mol. The molecule has 0 saturated heterocycles. The lowest BCUT2D eigenvalue weighted by molar-refractivity contribution is 0.0691. The third-order valence-corrected chi connectivity index (χ3v) is 3.90. The molecule has 0 aliphatic carbocycles. The summed E-state index contributed by atoms with van der Waals surface area (Å²) in [6, 6.07) is 12.5. The maximum Gasteiger partial charge on any atom is 0.354 e. The molecule has 1 heterocycles. The lowest BCUT2D eigenvalue weighted by Crippen LogP contribution is -2.02. The Labute approximate surface area is 144 Å². The largest absolute Gasteiger partial charge is 0.493 e. The van der Waals surface area contributed by atoms with E-state index >= 15 is 0 Å². The SMILES string of the molecule is COc1cc(-c2nc(C(=O)O)cc3ccccc23)cc(OC)c1OC. The Hall–Kier alpha value is -3.28. The van der Waals surface area contributed by atoms with Gasteiger partial charge in [0.1, 0.15) is 5.69 Å². The summed E-state index contributed by atoms with van der Waals surface area (Å²) in [5.41, 5.74) is 1.19. The van der Waals surface area contributed by atoms with E-state index in [2.05, 4.69) is 4.98 Å². The maximum atomic E-state index is 11.4. The summed E-state index contributed by atoms with van der Waals surface area (Å²) in [5, 5.41) is 11.0. The first-order valence-electron chi connectivity index (χ1n) is 7.52. The second-order valence-corrected chi connectivity index (χ2v) is 5.30. The maximum absolute atomic E-state index is 11.4. The third-order valence-electron chi connectivity index (χ3n) is 3.90. The van der Waals surface area contributed by atoms with Gasteiger partial charge in [-0.05, 0) is 23.6 Å². The molecule has 1 aromatic heterocycles. The number of ether oxygens (including phenoxy) is 3. The minimum Gasteiger partial charge on any atom is -0.493 e. The van der Waals surface area contributed by atoms with Crippen LogP contribution in [0, 0.1) is 0 Å². The van der Waals surface area contributed by atoms with Crippen molar-refractivity contribution in [1.29, 1.82) is 0 Å². The van der Waals surface area contributed by atoms with Gasteiger partial charge in [0.05, 0.1) is 27.0 Å². The van der Waals surface area contributed by atoms with Crippen LogP contribution in [0.4, 0.5) is 0 Å². The Bertz CT molecular complexity index is 927. The summed E-state index contributed by atoms with van der Waals surface area (Å²) >= 11 is 0. The van der Waals surface area contributed by atoms with Crippen LogP contribution in [-0.4, -0.2) is 37.4 Å². The van der Waals surface area contributed by atoms with E-state index in [-0.39, 0.29) is 5.69 Å². The molecule has 6 heteroatoms. The predicted molar refractivity (Wildman–Crippen MR) is 93.8 cm³/mol. The molecule has 25 heavy (non-hydrogen) atoms. The number of carboxylic acids is 1. The smallest absolute Gasteiger partial charge is 0.354 e. The predicted octanol–water partition coefficient (Wildman–Crippen LogP) is 3.63. The van der Waals surface area contributed by atoms with Gasteiger partial charge in [-0.15, -0.1) is 0 Å². The number of nitrogens with zero attached hydrogens (tertiary/aromatic N) is 1. The fourth-order valence-corrected chi connectivity index (χ4v) is 2.75. The van der Waals surface area contributed by atoms with Crippen molar-refractivity contribution < 1.29 is 24.1 Å². The van der Waals surface area contributed by atoms with E-state index in [1.54, 1.807) is 18.2 Å². The summed E-state index contributed by atoms with van der Waals surface area (Å²) < 4.78 is 16.1. The van der Waals surface area contributed by atoms with Gasteiger partial charge >= 0.3 is 5.97 Å². The van der Waals surface area contributed by atoms with Crippen LogP contribution in [0.25, 0.3) is 22.0 Å². The number of pyridine rings is 1. The Morgan fingerprint density at radius 3 is 2.16 bits per heavy atom. The highest BCUT2D eigenvalue weighted by atomic mass is 16.5. The molecular weight excluding hydrogens is 322 g/mol. The molecule has 0 unspecified atom stereocenters. The van der Waals surface area contributed by atoms with Gasteiger partial charge in [0, 0.05) is 10.9 Å². The van der Waals surface area contributed by atoms with Crippen molar-refractivity contribution in [3.8, 4) is 28.5 Å². The number of hydrogen-bond acceptors (Lipinski definition) is 5. The molecule has 6 nitrogen and oxygen atoms in total. The van der Waals surface area contributed by atoms with E-state index in [0.717, 1.165) is 10.8 Å². The molecule has 0 bridgehead atoms. The lowest BCUT2D eigenvalue weighted by atomic mass is 10.0. The summed E-state index contributed by atoms with van der Waals surface area (Å²) in [6.45, 7) is 0. The molecule has 0 spiro atoms. The summed E-state index contributed by atoms with van der Waals surface area (Å²) in [7, 11) is 4.58. The van der Waals surface area contributed by atoms with E-state index in [9.17, 15) is 9.90 Å². The number of aromatic nitrogens is 1. The van der Waals surface area contributed by atoms with E-state index in [0.29, 0.717) is 28.5 Å². The molecule has 0 aliphatic rings. The van der Waals surface area contributed by atoms with Gasteiger partial charge in [0.2, 0.25) is 5.75 Å². The zero-order valence-electron chi connectivity index (χ0n) is 14.1. The van der Waals surface area contributed by atoms with Gasteiger partial charge < -0.3 is 19.3 Å². The topological polar surface area (TPSA) is 77.9 Å². The molecule has 0 aliphatic heterocycles. The van der Waals surface area contributed by atoms with Crippen molar-refractivity contribution in [3.05, 3.63) is 48.2 Å². The van der Waals surface area contributed by atoms with Gasteiger partial charge in [-0.25, -0.2) is 9.78 Å². The molecule has 0 saturated carbocycles. The number of carboxylic acid groups (broad SMARTS) is 1. The fraction of sp³-hybridized carbons (Fsp3) is 0.158. The zero-order chi connectivity index (χ0) is 18.0. The third kappa shape index (κ3) is 2.94. The second-order valence-electron chi connectivity index (χ2n) is 5.30. The van der Waals surface area contributed by atoms with Crippen molar-refractivity contribution >= 4 is 16.7 Å². The van der Waals surface area contributed by atoms with Crippen LogP contribution in [0.3, 0.4) is 0 Å². The van der Waals surface area contributed by atoms with Gasteiger partial charge in [0.15, 0.2) is 11.5 Å². The normalized spacial score (nSPS) is 10.5. The molecule has 2 aromatic carbocycles. The van der Waals surface area contributed by atoms with Gasteiger partial charge in [-0.3, -0.25) is 0 Å². The molecule has 128 valence electrons. The number of benzene rings is 2. The number of aromatic carboxylic acids is 1. The number of methoxy groups -OCH3 is 3. The second kappa shape index (κ2) is 6.68. The van der Waals surface area contributed by atoms with Crippen LogP contribution in [-0.2, 0) is 0 Å².